The number of ether oxygens (including phenoxy) is 1. The molecule has 1 amide bonds. The average molecular weight is 451 g/mol. The maximum absolute atomic E-state index is 12.7. The first-order valence-electron chi connectivity index (χ1n) is 10.7. The van der Waals surface area contributed by atoms with E-state index in [4.69, 9.17) is 4.74 Å². The van der Waals surface area contributed by atoms with Gasteiger partial charge >= 0.3 is 0 Å². The molecular formula is C23H26N6O2S. The first kappa shape index (κ1) is 20.7. The van der Waals surface area contributed by atoms with Crippen LogP contribution in [0.15, 0.2) is 30.9 Å². The third kappa shape index (κ3) is 3.77. The van der Waals surface area contributed by atoms with Crippen LogP contribution < -0.4 is 15.4 Å². The first-order valence-corrected chi connectivity index (χ1v) is 11.5. The Hall–Kier alpha value is -3.20. The lowest BCUT2D eigenvalue weighted by atomic mass is 9.86. The summed E-state index contributed by atoms with van der Waals surface area (Å²) in [6.45, 7) is 6.05. The fraction of sp³-hybridized carbons (Fsp3) is 0.391. The number of hydrogen-bond donors (Lipinski definition) is 2. The van der Waals surface area contributed by atoms with E-state index >= 15 is 0 Å². The number of methoxy groups -OCH3 is 1. The molecule has 0 aliphatic heterocycles. The fourth-order valence-electron chi connectivity index (χ4n) is 4.23. The molecule has 32 heavy (non-hydrogen) atoms. The number of amides is 1. The molecule has 0 saturated carbocycles. The van der Waals surface area contributed by atoms with E-state index in [1.54, 1.807) is 35.5 Å². The predicted octanol–water partition coefficient (Wildman–Crippen LogP) is 4.11. The summed E-state index contributed by atoms with van der Waals surface area (Å²) >= 11 is 1.66. The number of pyridine rings is 1. The number of nitrogens with one attached hydrogen (secondary N) is 2. The van der Waals surface area contributed by atoms with E-state index in [-0.39, 0.29) is 17.4 Å². The number of fused-ring (bicyclic) bond motifs is 4. The molecule has 4 aromatic rings. The quantitative estimate of drug-likeness (QED) is 0.486. The van der Waals surface area contributed by atoms with Crippen molar-refractivity contribution in [1.29, 1.82) is 0 Å². The summed E-state index contributed by atoms with van der Waals surface area (Å²) in [5.74, 6) is 1.55. The van der Waals surface area contributed by atoms with E-state index in [9.17, 15) is 4.79 Å². The van der Waals surface area contributed by atoms with Gasteiger partial charge in [0.15, 0.2) is 5.75 Å². The Balaban J connectivity index is 1.49. The van der Waals surface area contributed by atoms with E-state index < -0.39 is 0 Å². The zero-order chi connectivity index (χ0) is 22.5. The summed E-state index contributed by atoms with van der Waals surface area (Å²) in [7, 11) is 1.64. The number of hydrogen-bond acceptors (Lipinski definition) is 7. The number of aromatic nitrogens is 4. The highest BCUT2D eigenvalue weighted by Gasteiger charge is 2.30. The standard InChI is InChI=1S/C23H26N6O2S/c1-23(2,3)28-21(30)13-5-6-15-18(9-13)32-22-19(15)20(24-12-25-22)27-16-10-14-7-8-26-29(14)11-17(16)31-4/h7-8,10-13H,5-6,9H2,1-4H3,(H,28,30)(H,24,25,27)/t13-/m0/s1. The second-order valence-corrected chi connectivity index (χ2v) is 10.2. The van der Waals surface area contributed by atoms with Crippen LogP contribution in [0.5, 0.6) is 5.75 Å². The summed E-state index contributed by atoms with van der Waals surface area (Å²) in [5, 5.41) is 11.9. The van der Waals surface area contributed by atoms with E-state index in [0.717, 1.165) is 46.5 Å². The van der Waals surface area contributed by atoms with Crippen LogP contribution in [0, 0.1) is 5.92 Å². The van der Waals surface area contributed by atoms with Gasteiger partial charge in [-0.3, -0.25) is 4.79 Å². The van der Waals surface area contributed by atoms with Crippen LogP contribution in [0.25, 0.3) is 15.7 Å². The fourth-order valence-corrected chi connectivity index (χ4v) is 5.50. The molecule has 2 N–H and O–H groups in total. The number of carbonyl (C=O) groups excluding carboxylic acids is 1. The number of rotatable bonds is 4. The summed E-state index contributed by atoms with van der Waals surface area (Å²) in [4.78, 5) is 24.0. The zero-order valence-corrected chi connectivity index (χ0v) is 19.4. The number of anilines is 2. The zero-order valence-electron chi connectivity index (χ0n) is 18.6. The molecule has 4 heterocycles. The summed E-state index contributed by atoms with van der Waals surface area (Å²) in [5.41, 5.74) is 2.80. The van der Waals surface area contributed by atoms with Gasteiger partial charge in [-0.1, -0.05) is 0 Å². The van der Waals surface area contributed by atoms with Crippen LogP contribution in [-0.2, 0) is 17.6 Å². The number of nitrogens with zero attached hydrogens (tertiary/aromatic N) is 4. The Morgan fingerprint density at radius 1 is 1.31 bits per heavy atom. The van der Waals surface area contributed by atoms with Gasteiger partial charge in [-0.15, -0.1) is 11.3 Å². The van der Waals surface area contributed by atoms with Gasteiger partial charge in [-0.2, -0.15) is 5.10 Å². The molecule has 9 heteroatoms. The van der Waals surface area contributed by atoms with Crippen LogP contribution >= 0.6 is 11.3 Å². The SMILES string of the molecule is COc1cn2nccc2cc1Nc1ncnc2sc3c(c12)CC[C@H](C(=O)NC(C)(C)C)C3. The molecule has 1 aliphatic carbocycles. The van der Waals surface area contributed by atoms with Crippen molar-refractivity contribution in [3.05, 3.63) is 41.3 Å². The second kappa shape index (κ2) is 7.74. The summed E-state index contributed by atoms with van der Waals surface area (Å²) in [6.07, 6.45) is 7.57. The van der Waals surface area contributed by atoms with Crippen molar-refractivity contribution in [1.82, 2.24) is 24.9 Å². The third-order valence-corrected chi connectivity index (χ3v) is 6.85. The highest BCUT2D eigenvalue weighted by Crippen LogP contribution is 2.41. The Morgan fingerprint density at radius 3 is 2.94 bits per heavy atom. The second-order valence-electron chi connectivity index (χ2n) is 9.17. The minimum absolute atomic E-state index is 0.0106. The summed E-state index contributed by atoms with van der Waals surface area (Å²) in [6, 6.07) is 3.93. The van der Waals surface area contributed by atoms with Gasteiger partial charge in [0.2, 0.25) is 5.91 Å². The maximum atomic E-state index is 12.7. The molecule has 0 spiro atoms. The van der Waals surface area contributed by atoms with E-state index in [1.165, 1.54) is 10.4 Å². The van der Waals surface area contributed by atoms with Crippen molar-refractivity contribution in [3.8, 4) is 5.75 Å². The molecule has 0 fully saturated rings. The van der Waals surface area contributed by atoms with Crippen LogP contribution in [0.1, 0.15) is 37.6 Å². The van der Waals surface area contributed by atoms with E-state index in [2.05, 4.69) is 25.7 Å². The lowest BCUT2D eigenvalue weighted by molar-refractivity contribution is -0.126. The minimum Gasteiger partial charge on any atom is -0.493 e. The highest BCUT2D eigenvalue weighted by molar-refractivity contribution is 7.19. The van der Waals surface area contributed by atoms with Crippen LogP contribution in [0.2, 0.25) is 0 Å². The molecule has 4 aromatic heterocycles. The van der Waals surface area contributed by atoms with Gasteiger partial charge in [0.1, 0.15) is 17.0 Å². The van der Waals surface area contributed by atoms with Crippen molar-refractivity contribution in [2.75, 3.05) is 12.4 Å². The van der Waals surface area contributed by atoms with E-state index in [1.807, 2.05) is 39.1 Å². The molecule has 8 nitrogen and oxygen atoms in total. The number of aryl methyl sites for hydroxylation is 1. The first-order chi connectivity index (χ1) is 15.3. The van der Waals surface area contributed by atoms with Crippen LogP contribution in [0.3, 0.4) is 0 Å². The van der Waals surface area contributed by atoms with Crippen LogP contribution in [0.4, 0.5) is 11.5 Å². The summed E-state index contributed by atoms with van der Waals surface area (Å²) < 4.78 is 7.35. The molecule has 1 aliphatic rings. The van der Waals surface area contributed by atoms with Crippen molar-refractivity contribution in [3.63, 3.8) is 0 Å². The molecule has 0 unspecified atom stereocenters. The van der Waals surface area contributed by atoms with Gasteiger partial charge in [0, 0.05) is 22.5 Å². The number of carbonyl (C=O) groups is 1. The Labute approximate surface area is 190 Å². The third-order valence-electron chi connectivity index (χ3n) is 5.69. The normalized spacial score (nSPS) is 16.2. The lowest BCUT2D eigenvalue weighted by Crippen LogP contribution is -2.45. The molecule has 0 aromatic carbocycles. The molecule has 0 saturated heterocycles. The molecule has 0 bridgehead atoms. The van der Waals surface area contributed by atoms with Gasteiger partial charge < -0.3 is 15.4 Å². The van der Waals surface area contributed by atoms with E-state index in [0.29, 0.717) is 5.75 Å². The molecule has 5 rings (SSSR count). The molecule has 166 valence electrons. The van der Waals surface area contributed by atoms with Gasteiger partial charge in [0.25, 0.3) is 0 Å². The lowest BCUT2D eigenvalue weighted by Gasteiger charge is -2.27. The molecule has 0 radical (unpaired) electrons. The van der Waals surface area contributed by atoms with Crippen molar-refractivity contribution in [2.24, 2.45) is 5.92 Å². The monoisotopic (exact) mass is 450 g/mol. The van der Waals surface area contributed by atoms with Crippen molar-refractivity contribution in [2.45, 2.75) is 45.6 Å². The molecular weight excluding hydrogens is 424 g/mol. The van der Waals surface area contributed by atoms with Gasteiger partial charge in [-0.05, 0) is 57.7 Å². The largest absolute Gasteiger partial charge is 0.493 e. The Bertz CT molecular complexity index is 1320. The molecule has 1 atom stereocenters. The maximum Gasteiger partial charge on any atom is 0.223 e. The average Bonchev–Trinajstić information content (AvgIpc) is 3.35. The van der Waals surface area contributed by atoms with Crippen molar-refractivity contribution < 1.29 is 9.53 Å². The van der Waals surface area contributed by atoms with Crippen LogP contribution in [-0.4, -0.2) is 38.1 Å². The smallest absolute Gasteiger partial charge is 0.223 e. The minimum atomic E-state index is -0.226. The predicted molar refractivity (Wildman–Crippen MR) is 126 cm³/mol. The highest BCUT2D eigenvalue weighted by atomic mass is 32.1. The van der Waals surface area contributed by atoms with Gasteiger partial charge in [-0.25, -0.2) is 14.5 Å². The van der Waals surface area contributed by atoms with Crippen molar-refractivity contribution >= 4 is 44.5 Å². The Kier molecular flexibility index (Phi) is 5.00. The Morgan fingerprint density at radius 2 is 2.16 bits per heavy atom. The number of thiophene rings is 1. The van der Waals surface area contributed by atoms with Gasteiger partial charge in [0.05, 0.1) is 29.9 Å². The topological polar surface area (TPSA) is 93.4 Å².